The normalized spacial score (nSPS) is 18.9. The quantitative estimate of drug-likeness (QED) is 0.745. The van der Waals surface area contributed by atoms with E-state index in [-0.39, 0.29) is 0 Å². The fourth-order valence-corrected chi connectivity index (χ4v) is 3.95. The van der Waals surface area contributed by atoms with E-state index in [9.17, 15) is 14.4 Å². The van der Waals surface area contributed by atoms with Gasteiger partial charge in [-0.3, -0.25) is 14.9 Å². The summed E-state index contributed by atoms with van der Waals surface area (Å²) in [5.74, 6) is -1.79. The van der Waals surface area contributed by atoms with E-state index in [0.717, 1.165) is 29.8 Å². The van der Waals surface area contributed by atoms with Crippen LogP contribution in [0.2, 0.25) is 0 Å². The Bertz CT molecular complexity index is 1040. The number of carbonyl (C=O) groups excluding carboxylic acids is 3. The van der Waals surface area contributed by atoms with Gasteiger partial charge in [-0.2, -0.15) is 0 Å². The third-order valence-electron chi connectivity index (χ3n) is 5.50. The monoisotopic (exact) mass is 405 g/mol. The summed E-state index contributed by atoms with van der Waals surface area (Å²) >= 11 is 0. The van der Waals surface area contributed by atoms with Crippen LogP contribution < -0.4 is 20.3 Å². The summed E-state index contributed by atoms with van der Waals surface area (Å²) in [6.45, 7) is 1.75. The first kappa shape index (κ1) is 19.7. The maximum absolute atomic E-state index is 13.2. The van der Waals surface area contributed by atoms with Crippen LogP contribution in [0.1, 0.15) is 24.5 Å². The topological polar surface area (TPSA) is 87.7 Å². The van der Waals surface area contributed by atoms with Crippen molar-refractivity contribution in [3.05, 3.63) is 65.4 Å². The van der Waals surface area contributed by atoms with Crippen molar-refractivity contribution in [2.24, 2.45) is 5.92 Å². The molecule has 0 bridgehead atoms. The van der Waals surface area contributed by atoms with Crippen LogP contribution in [0, 0.1) is 5.92 Å². The van der Waals surface area contributed by atoms with Crippen molar-refractivity contribution < 1.29 is 19.1 Å². The van der Waals surface area contributed by atoms with E-state index in [1.54, 1.807) is 37.3 Å². The van der Waals surface area contributed by atoms with Gasteiger partial charge in [-0.15, -0.1) is 0 Å². The van der Waals surface area contributed by atoms with E-state index in [1.165, 1.54) is 18.2 Å². The number of ether oxygens (including phenoxy) is 1. The molecule has 1 atom stereocenters. The number of rotatable bonds is 5. The average Bonchev–Trinajstić information content (AvgIpc) is 3.21. The molecule has 0 spiro atoms. The highest BCUT2D eigenvalue weighted by molar-refractivity contribution is 6.29. The van der Waals surface area contributed by atoms with Gasteiger partial charge in [0.1, 0.15) is 5.75 Å². The second-order valence-electron chi connectivity index (χ2n) is 7.31. The SMILES string of the molecule is C/C=C(\Nc1ccc2c(c1)CCC2)[C@@H]1C(=O)NC(=O)N(c2ccc(OC)cc2)C1=O. The van der Waals surface area contributed by atoms with Gasteiger partial charge < -0.3 is 10.1 Å². The second-order valence-corrected chi connectivity index (χ2v) is 7.31. The van der Waals surface area contributed by atoms with E-state index in [2.05, 4.69) is 22.8 Å². The third kappa shape index (κ3) is 3.54. The summed E-state index contributed by atoms with van der Waals surface area (Å²) < 4.78 is 5.12. The van der Waals surface area contributed by atoms with E-state index >= 15 is 0 Å². The number of methoxy groups -OCH3 is 1. The van der Waals surface area contributed by atoms with Crippen molar-refractivity contribution in [3.8, 4) is 5.75 Å². The zero-order valence-electron chi connectivity index (χ0n) is 16.9. The predicted octanol–water partition coefficient (Wildman–Crippen LogP) is 3.40. The molecule has 1 heterocycles. The number of aryl methyl sites for hydroxylation is 2. The van der Waals surface area contributed by atoms with Crippen LogP contribution in [0.15, 0.2) is 54.2 Å². The lowest BCUT2D eigenvalue weighted by atomic mass is 9.99. The van der Waals surface area contributed by atoms with Crippen LogP contribution in [-0.4, -0.2) is 25.0 Å². The van der Waals surface area contributed by atoms with Crippen LogP contribution in [-0.2, 0) is 22.4 Å². The first-order chi connectivity index (χ1) is 14.5. The molecule has 0 radical (unpaired) electrons. The Morgan fingerprint density at radius 1 is 1.10 bits per heavy atom. The maximum Gasteiger partial charge on any atom is 0.335 e. The first-order valence-corrected chi connectivity index (χ1v) is 9.89. The summed E-state index contributed by atoms with van der Waals surface area (Å²) in [5, 5.41) is 5.51. The van der Waals surface area contributed by atoms with Crippen molar-refractivity contribution in [3.63, 3.8) is 0 Å². The molecule has 2 aromatic carbocycles. The fraction of sp³-hybridized carbons (Fsp3) is 0.261. The molecule has 30 heavy (non-hydrogen) atoms. The van der Waals surface area contributed by atoms with Crippen molar-refractivity contribution in [1.82, 2.24) is 5.32 Å². The second kappa shape index (κ2) is 8.02. The van der Waals surface area contributed by atoms with E-state index in [4.69, 9.17) is 4.74 Å². The Balaban J connectivity index is 1.61. The number of fused-ring (bicyclic) bond motifs is 1. The lowest BCUT2D eigenvalue weighted by Crippen LogP contribution is -2.59. The van der Waals surface area contributed by atoms with E-state index < -0.39 is 23.8 Å². The van der Waals surface area contributed by atoms with Gasteiger partial charge in [-0.1, -0.05) is 12.1 Å². The highest BCUT2D eigenvalue weighted by atomic mass is 16.5. The number of amides is 4. The number of barbiturate groups is 1. The van der Waals surface area contributed by atoms with Gasteiger partial charge in [0.05, 0.1) is 12.8 Å². The fourth-order valence-electron chi connectivity index (χ4n) is 3.95. The number of nitrogens with zero attached hydrogens (tertiary/aromatic N) is 1. The Kier molecular flexibility index (Phi) is 5.27. The standard InChI is InChI=1S/C23H23N3O4/c1-3-19(24-16-8-7-14-5-4-6-15(14)13-16)20-21(27)25-23(29)26(22(20)28)17-9-11-18(30-2)12-10-17/h3,7-13,20,24H,4-6H2,1-2H3,(H,25,27,29)/b19-3-/t20-/m1/s1. The smallest absolute Gasteiger partial charge is 0.335 e. The van der Waals surface area contributed by atoms with Crippen LogP contribution in [0.4, 0.5) is 16.2 Å². The Morgan fingerprint density at radius 3 is 2.53 bits per heavy atom. The summed E-state index contributed by atoms with van der Waals surface area (Å²) in [6.07, 6.45) is 4.93. The molecule has 1 fully saturated rings. The molecule has 4 rings (SSSR count). The minimum atomic E-state index is -1.15. The van der Waals surface area contributed by atoms with Crippen LogP contribution in [0.5, 0.6) is 5.75 Å². The Hall–Kier alpha value is -3.61. The van der Waals surface area contributed by atoms with Gasteiger partial charge in [0.2, 0.25) is 5.91 Å². The zero-order valence-corrected chi connectivity index (χ0v) is 16.9. The minimum absolute atomic E-state index is 0.365. The molecule has 0 saturated carbocycles. The van der Waals surface area contributed by atoms with E-state index in [1.807, 2.05) is 6.07 Å². The highest BCUT2D eigenvalue weighted by Crippen LogP contribution is 2.29. The van der Waals surface area contributed by atoms with Crippen LogP contribution in [0.25, 0.3) is 0 Å². The summed E-state index contributed by atoms with van der Waals surface area (Å²) in [4.78, 5) is 39.2. The molecule has 7 nitrogen and oxygen atoms in total. The largest absolute Gasteiger partial charge is 0.497 e. The van der Waals surface area contributed by atoms with Crippen molar-refractivity contribution >= 4 is 29.2 Å². The van der Waals surface area contributed by atoms with Crippen LogP contribution in [0.3, 0.4) is 0 Å². The number of anilines is 2. The molecule has 0 aromatic heterocycles. The number of allylic oxidation sites excluding steroid dienone is 1. The molecule has 2 aliphatic rings. The van der Waals surface area contributed by atoms with Crippen molar-refractivity contribution in [2.45, 2.75) is 26.2 Å². The Labute approximate surface area is 174 Å². The molecule has 4 amide bonds. The van der Waals surface area contributed by atoms with Crippen molar-refractivity contribution in [1.29, 1.82) is 0 Å². The molecular formula is C23H23N3O4. The van der Waals surface area contributed by atoms with Gasteiger partial charge in [0.25, 0.3) is 5.91 Å². The lowest BCUT2D eigenvalue weighted by molar-refractivity contribution is -0.132. The van der Waals surface area contributed by atoms with Gasteiger partial charge in [0, 0.05) is 11.4 Å². The Morgan fingerprint density at radius 2 is 1.83 bits per heavy atom. The van der Waals surface area contributed by atoms with Crippen LogP contribution >= 0.6 is 0 Å². The lowest BCUT2D eigenvalue weighted by Gasteiger charge is -2.31. The molecule has 1 aliphatic heterocycles. The van der Waals surface area contributed by atoms with Gasteiger partial charge in [0.15, 0.2) is 5.92 Å². The molecule has 7 heteroatoms. The van der Waals surface area contributed by atoms with Gasteiger partial charge in [-0.05, 0) is 73.7 Å². The summed E-state index contributed by atoms with van der Waals surface area (Å²) in [5.41, 5.74) is 4.23. The number of urea groups is 1. The number of hydrogen-bond donors (Lipinski definition) is 2. The first-order valence-electron chi connectivity index (χ1n) is 9.89. The number of benzene rings is 2. The average molecular weight is 405 g/mol. The summed E-state index contributed by atoms with van der Waals surface area (Å²) in [7, 11) is 1.53. The molecular weight excluding hydrogens is 382 g/mol. The summed E-state index contributed by atoms with van der Waals surface area (Å²) in [6, 6.07) is 11.8. The molecule has 1 aliphatic carbocycles. The number of carbonyl (C=O) groups is 3. The highest BCUT2D eigenvalue weighted by Gasteiger charge is 2.43. The van der Waals surface area contributed by atoms with Crippen molar-refractivity contribution in [2.75, 3.05) is 17.3 Å². The molecule has 1 saturated heterocycles. The predicted molar refractivity (Wildman–Crippen MR) is 113 cm³/mol. The maximum atomic E-state index is 13.2. The molecule has 2 aromatic rings. The number of nitrogens with one attached hydrogen (secondary N) is 2. The number of hydrogen-bond acceptors (Lipinski definition) is 5. The third-order valence-corrected chi connectivity index (χ3v) is 5.50. The van der Waals surface area contributed by atoms with Gasteiger partial charge >= 0.3 is 6.03 Å². The molecule has 0 unspecified atom stereocenters. The molecule has 2 N–H and O–H groups in total. The van der Waals surface area contributed by atoms with E-state index in [0.29, 0.717) is 17.1 Å². The van der Waals surface area contributed by atoms with Gasteiger partial charge in [-0.25, -0.2) is 9.69 Å². The minimum Gasteiger partial charge on any atom is -0.497 e. The zero-order chi connectivity index (χ0) is 21.3. The molecule has 154 valence electrons. The number of imide groups is 2.